The van der Waals surface area contributed by atoms with Crippen molar-refractivity contribution in [2.45, 2.75) is 28.3 Å². The van der Waals surface area contributed by atoms with Crippen LogP contribution in [-0.2, 0) is 5.33 Å². The molecule has 0 unspecified atom stereocenters. The van der Waals surface area contributed by atoms with Crippen LogP contribution in [0.15, 0.2) is 41.3 Å². The number of halogens is 3. The van der Waals surface area contributed by atoms with Gasteiger partial charge in [0.2, 0.25) is 0 Å². The summed E-state index contributed by atoms with van der Waals surface area (Å²) in [6.45, 7) is 8.40. The predicted octanol–water partition coefficient (Wildman–Crippen LogP) is 6.17. The lowest BCUT2D eigenvalue weighted by Crippen LogP contribution is -2.35. The molecule has 2 aromatic carbocycles. The Morgan fingerprint density at radius 1 is 1.12 bits per heavy atom. The average Bonchev–Trinajstić information content (AvgIpc) is 2.64. The minimum Gasteiger partial charge on any atom is -0.369 e. The van der Waals surface area contributed by atoms with Crippen molar-refractivity contribution in [2.24, 2.45) is 0 Å². The van der Waals surface area contributed by atoms with Crippen LogP contribution in [0.25, 0.3) is 4.85 Å². The van der Waals surface area contributed by atoms with E-state index in [1.165, 1.54) is 6.07 Å². The van der Waals surface area contributed by atoms with Crippen LogP contribution in [0, 0.1) is 18.2 Å². The zero-order valence-electron chi connectivity index (χ0n) is 13.5. The highest BCUT2D eigenvalue weighted by atomic mass is 79.9. The minimum absolute atomic E-state index is 0.176. The van der Waals surface area contributed by atoms with E-state index in [2.05, 4.69) is 20.8 Å². The highest BCUT2D eigenvalue weighted by Crippen LogP contribution is 2.34. The smallest absolute Gasteiger partial charge is 0.190 e. The molecule has 6 heteroatoms. The normalized spacial score (nSPS) is 15.2. The van der Waals surface area contributed by atoms with Gasteiger partial charge in [-0.15, -0.1) is 11.8 Å². The summed E-state index contributed by atoms with van der Waals surface area (Å²) in [6, 6.07) is 9.95. The van der Waals surface area contributed by atoms with Crippen molar-refractivity contribution >= 4 is 39.1 Å². The first-order chi connectivity index (χ1) is 12.1. The van der Waals surface area contributed by atoms with Gasteiger partial charge in [-0.3, -0.25) is 0 Å². The highest BCUT2D eigenvalue weighted by Gasteiger charge is 2.23. The maximum Gasteiger partial charge on any atom is 0.190 e. The molecule has 0 saturated carbocycles. The monoisotopic (exact) mass is 422 g/mol. The van der Waals surface area contributed by atoms with Gasteiger partial charge in [0.25, 0.3) is 0 Å². The number of alkyl halides is 1. The molecule has 0 bridgehead atoms. The summed E-state index contributed by atoms with van der Waals surface area (Å²) in [4.78, 5) is 5.93. The van der Waals surface area contributed by atoms with E-state index in [1.807, 2.05) is 17.0 Å². The molecule has 1 aliphatic rings. The summed E-state index contributed by atoms with van der Waals surface area (Å²) in [5.74, 6) is -0.527. The molecule has 0 aliphatic carbocycles. The highest BCUT2D eigenvalue weighted by molar-refractivity contribution is 9.08. The fraction of sp³-hybridized carbons (Fsp3) is 0.316. The first kappa shape index (κ1) is 18.2. The number of hydrogen-bond acceptors (Lipinski definition) is 2. The molecule has 130 valence electrons. The van der Waals surface area contributed by atoms with Gasteiger partial charge in [0.1, 0.15) is 11.6 Å². The SMILES string of the molecule is [C-]#[N+]c1ccc(N2CCC(Sc3ccc(CBr)cc3F)CC2)c(F)c1. The van der Waals surface area contributed by atoms with E-state index in [9.17, 15) is 8.78 Å². The molecular weight excluding hydrogens is 406 g/mol. The van der Waals surface area contributed by atoms with Gasteiger partial charge in [-0.05, 0) is 42.7 Å². The van der Waals surface area contributed by atoms with Crippen LogP contribution in [-0.4, -0.2) is 18.3 Å². The quantitative estimate of drug-likeness (QED) is 0.429. The van der Waals surface area contributed by atoms with E-state index in [4.69, 9.17) is 6.57 Å². The van der Waals surface area contributed by atoms with Crippen LogP contribution in [0.3, 0.4) is 0 Å². The van der Waals surface area contributed by atoms with Gasteiger partial charge in [-0.2, -0.15) is 0 Å². The van der Waals surface area contributed by atoms with Gasteiger partial charge in [0.15, 0.2) is 5.69 Å². The molecule has 1 fully saturated rings. The summed E-state index contributed by atoms with van der Waals surface area (Å²) in [5.41, 5.74) is 1.79. The van der Waals surface area contributed by atoms with Gasteiger partial charge in [-0.1, -0.05) is 28.1 Å². The zero-order valence-corrected chi connectivity index (χ0v) is 15.9. The zero-order chi connectivity index (χ0) is 17.8. The Balaban J connectivity index is 1.61. The summed E-state index contributed by atoms with van der Waals surface area (Å²) < 4.78 is 28.3. The Hall–Kier alpha value is -1.58. The van der Waals surface area contributed by atoms with Crippen molar-refractivity contribution in [1.29, 1.82) is 0 Å². The summed E-state index contributed by atoms with van der Waals surface area (Å²) in [6.07, 6.45) is 1.74. The van der Waals surface area contributed by atoms with Crippen LogP contribution < -0.4 is 4.90 Å². The molecule has 0 aromatic heterocycles. The fourth-order valence-corrected chi connectivity index (χ4v) is 4.41. The van der Waals surface area contributed by atoms with Crippen LogP contribution >= 0.6 is 27.7 Å². The van der Waals surface area contributed by atoms with E-state index in [-0.39, 0.29) is 11.6 Å². The Morgan fingerprint density at radius 2 is 1.88 bits per heavy atom. The molecule has 2 nitrogen and oxygen atoms in total. The molecule has 0 radical (unpaired) electrons. The standard InChI is InChI=1S/C19H17BrF2N2S/c1-23-14-3-4-18(16(21)11-14)24-8-6-15(7-9-24)25-19-5-2-13(12-20)10-17(19)22/h2-5,10-11,15H,6-9,12H2. The molecule has 0 amide bonds. The number of nitrogens with zero attached hydrogens (tertiary/aromatic N) is 2. The molecule has 0 spiro atoms. The summed E-state index contributed by atoms with van der Waals surface area (Å²) in [5, 5.41) is 0.969. The average molecular weight is 423 g/mol. The van der Waals surface area contributed by atoms with E-state index in [1.54, 1.807) is 30.0 Å². The first-order valence-electron chi connectivity index (χ1n) is 8.03. The number of benzene rings is 2. The Labute approximate surface area is 159 Å². The predicted molar refractivity (Wildman–Crippen MR) is 103 cm³/mol. The van der Waals surface area contributed by atoms with Crippen LogP contribution in [0.1, 0.15) is 18.4 Å². The first-order valence-corrected chi connectivity index (χ1v) is 10.0. The minimum atomic E-state index is -0.351. The van der Waals surface area contributed by atoms with Crippen LogP contribution in [0.2, 0.25) is 0 Å². The van der Waals surface area contributed by atoms with Gasteiger partial charge >= 0.3 is 0 Å². The van der Waals surface area contributed by atoms with Crippen molar-refractivity contribution < 1.29 is 8.78 Å². The summed E-state index contributed by atoms with van der Waals surface area (Å²) in [7, 11) is 0. The van der Waals surface area contributed by atoms with E-state index >= 15 is 0 Å². The van der Waals surface area contributed by atoms with Crippen molar-refractivity contribution in [3.63, 3.8) is 0 Å². The Bertz CT molecular complexity index is 798. The number of piperidine rings is 1. The largest absolute Gasteiger partial charge is 0.369 e. The molecule has 25 heavy (non-hydrogen) atoms. The van der Waals surface area contributed by atoms with E-state index in [0.29, 0.717) is 26.9 Å². The van der Waals surface area contributed by atoms with E-state index < -0.39 is 0 Å². The molecule has 1 aliphatic heterocycles. The van der Waals surface area contributed by atoms with Crippen molar-refractivity contribution in [1.82, 2.24) is 0 Å². The molecule has 3 rings (SSSR count). The van der Waals surface area contributed by atoms with Crippen molar-refractivity contribution in [2.75, 3.05) is 18.0 Å². The molecule has 2 aromatic rings. The van der Waals surface area contributed by atoms with Crippen LogP contribution in [0.4, 0.5) is 20.2 Å². The maximum atomic E-state index is 14.1. The van der Waals surface area contributed by atoms with Crippen LogP contribution in [0.5, 0.6) is 0 Å². The third kappa shape index (κ3) is 4.34. The lowest BCUT2D eigenvalue weighted by atomic mass is 10.1. The third-order valence-electron chi connectivity index (χ3n) is 4.29. The van der Waals surface area contributed by atoms with Crippen molar-refractivity contribution in [3.05, 3.63) is 65.0 Å². The topological polar surface area (TPSA) is 7.60 Å². The Morgan fingerprint density at radius 3 is 2.48 bits per heavy atom. The number of thioether (sulfide) groups is 1. The second-order valence-corrected chi connectivity index (χ2v) is 7.85. The third-order valence-corrected chi connectivity index (χ3v) is 6.32. The number of anilines is 1. The fourth-order valence-electron chi connectivity index (χ4n) is 2.94. The van der Waals surface area contributed by atoms with E-state index in [0.717, 1.165) is 31.5 Å². The van der Waals surface area contributed by atoms with Gasteiger partial charge in [0.05, 0.1) is 12.3 Å². The molecule has 1 saturated heterocycles. The van der Waals surface area contributed by atoms with Crippen molar-refractivity contribution in [3.8, 4) is 0 Å². The number of rotatable bonds is 4. The lowest BCUT2D eigenvalue weighted by molar-refractivity contribution is 0.563. The maximum absolute atomic E-state index is 14.1. The van der Waals surface area contributed by atoms with Gasteiger partial charge < -0.3 is 4.90 Å². The number of hydrogen-bond donors (Lipinski definition) is 0. The molecule has 0 atom stereocenters. The molecule has 0 N–H and O–H groups in total. The van der Waals surface area contributed by atoms with Gasteiger partial charge in [0, 0.05) is 28.6 Å². The summed E-state index contributed by atoms with van der Waals surface area (Å²) >= 11 is 4.90. The van der Waals surface area contributed by atoms with Gasteiger partial charge in [-0.25, -0.2) is 13.6 Å². The second-order valence-electron chi connectivity index (χ2n) is 5.95. The second kappa shape index (κ2) is 8.20. The lowest BCUT2D eigenvalue weighted by Gasteiger charge is -2.33. The Kier molecular flexibility index (Phi) is 5.98. The molecule has 1 heterocycles. The molecular formula is C19H17BrF2N2S.